The SMILES string of the molecule is CCCn1c(=NC(=O)c2ccc(OC)cc2OC)c(C(=O)OCC)cc2c(=O)n3ccccc3nc21. The molecular formula is C26H26N4O6. The molecule has 0 aliphatic carbocycles. The number of carbonyl (C=O) groups is 2. The topological polar surface area (TPSA) is 113 Å². The summed E-state index contributed by atoms with van der Waals surface area (Å²) in [5.74, 6) is -0.554. The number of carbonyl (C=O) groups excluding carboxylic acids is 2. The minimum atomic E-state index is -0.699. The summed E-state index contributed by atoms with van der Waals surface area (Å²) in [5.41, 5.74) is 0.627. The summed E-state index contributed by atoms with van der Waals surface area (Å²) in [6, 6.07) is 11.3. The monoisotopic (exact) mass is 490 g/mol. The maximum absolute atomic E-state index is 13.4. The van der Waals surface area contributed by atoms with Crippen LogP contribution < -0.4 is 20.5 Å². The van der Waals surface area contributed by atoms with E-state index in [0.29, 0.717) is 30.0 Å². The van der Waals surface area contributed by atoms with Crippen molar-refractivity contribution < 1.29 is 23.8 Å². The number of methoxy groups -OCH3 is 2. The molecule has 4 aromatic rings. The number of pyridine rings is 2. The zero-order chi connectivity index (χ0) is 25.8. The molecule has 3 aromatic heterocycles. The van der Waals surface area contributed by atoms with Crippen molar-refractivity contribution >= 4 is 28.6 Å². The average Bonchev–Trinajstić information content (AvgIpc) is 2.89. The number of nitrogens with zero attached hydrogens (tertiary/aromatic N) is 4. The molecule has 0 aliphatic rings. The maximum Gasteiger partial charge on any atom is 0.341 e. The first kappa shape index (κ1) is 24.6. The number of aryl methyl sites for hydroxylation is 1. The van der Waals surface area contributed by atoms with Crippen molar-refractivity contribution in [1.82, 2.24) is 14.0 Å². The number of benzene rings is 1. The minimum Gasteiger partial charge on any atom is -0.497 e. The van der Waals surface area contributed by atoms with Crippen LogP contribution in [0.3, 0.4) is 0 Å². The van der Waals surface area contributed by atoms with Crippen LogP contribution in [0, 0.1) is 0 Å². The molecule has 0 radical (unpaired) electrons. The van der Waals surface area contributed by atoms with Crippen molar-refractivity contribution in [2.45, 2.75) is 26.8 Å². The Morgan fingerprint density at radius 1 is 1.03 bits per heavy atom. The fourth-order valence-corrected chi connectivity index (χ4v) is 3.92. The van der Waals surface area contributed by atoms with Crippen molar-refractivity contribution in [2.75, 3.05) is 20.8 Å². The van der Waals surface area contributed by atoms with Gasteiger partial charge in [0, 0.05) is 18.8 Å². The first-order chi connectivity index (χ1) is 17.4. The Labute approximate surface area is 206 Å². The highest BCUT2D eigenvalue weighted by atomic mass is 16.5. The van der Waals surface area contributed by atoms with Crippen molar-refractivity contribution in [3.8, 4) is 11.5 Å². The number of fused-ring (bicyclic) bond motifs is 2. The van der Waals surface area contributed by atoms with Crippen LogP contribution in [0.4, 0.5) is 0 Å². The summed E-state index contributed by atoms with van der Waals surface area (Å²) in [4.78, 5) is 48.6. The molecule has 0 saturated carbocycles. The summed E-state index contributed by atoms with van der Waals surface area (Å²) in [5, 5.41) is 0.212. The quantitative estimate of drug-likeness (QED) is 0.289. The normalized spacial score (nSPS) is 11.6. The van der Waals surface area contributed by atoms with Crippen molar-refractivity contribution in [1.29, 1.82) is 0 Å². The Balaban J connectivity index is 2.09. The third-order valence-corrected chi connectivity index (χ3v) is 5.58. The summed E-state index contributed by atoms with van der Waals surface area (Å²) in [7, 11) is 2.94. The van der Waals surface area contributed by atoms with Gasteiger partial charge in [-0.2, -0.15) is 4.99 Å². The molecule has 0 aliphatic heterocycles. The lowest BCUT2D eigenvalue weighted by Crippen LogP contribution is -2.32. The lowest BCUT2D eigenvalue weighted by Gasteiger charge is -2.14. The summed E-state index contributed by atoms with van der Waals surface area (Å²) < 4.78 is 18.8. The van der Waals surface area contributed by atoms with Gasteiger partial charge in [-0.1, -0.05) is 13.0 Å². The Morgan fingerprint density at radius 3 is 2.53 bits per heavy atom. The van der Waals surface area contributed by atoms with E-state index in [2.05, 4.69) is 9.98 Å². The molecule has 0 spiro atoms. The highest BCUT2D eigenvalue weighted by molar-refractivity contribution is 5.99. The van der Waals surface area contributed by atoms with Crippen LogP contribution in [0.25, 0.3) is 16.7 Å². The molecule has 1 aromatic carbocycles. The van der Waals surface area contributed by atoms with Gasteiger partial charge in [0.15, 0.2) is 5.49 Å². The zero-order valence-electron chi connectivity index (χ0n) is 20.5. The highest BCUT2D eigenvalue weighted by Crippen LogP contribution is 2.25. The molecule has 0 bridgehead atoms. The van der Waals surface area contributed by atoms with E-state index < -0.39 is 11.9 Å². The van der Waals surface area contributed by atoms with Gasteiger partial charge in [-0.3, -0.25) is 14.0 Å². The molecule has 36 heavy (non-hydrogen) atoms. The van der Waals surface area contributed by atoms with E-state index in [9.17, 15) is 14.4 Å². The van der Waals surface area contributed by atoms with Gasteiger partial charge in [0.2, 0.25) is 0 Å². The number of amides is 1. The minimum absolute atomic E-state index is 0.00610. The van der Waals surface area contributed by atoms with Crippen LogP contribution in [0.5, 0.6) is 11.5 Å². The molecule has 4 rings (SSSR count). The number of esters is 1. The Hall–Kier alpha value is -4.47. The third-order valence-electron chi connectivity index (χ3n) is 5.58. The van der Waals surface area contributed by atoms with Gasteiger partial charge in [0.25, 0.3) is 11.5 Å². The van der Waals surface area contributed by atoms with E-state index in [1.807, 2.05) is 6.92 Å². The van der Waals surface area contributed by atoms with Crippen LogP contribution in [-0.2, 0) is 11.3 Å². The van der Waals surface area contributed by atoms with E-state index in [-0.39, 0.29) is 39.9 Å². The second-order valence-electron chi connectivity index (χ2n) is 7.82. The molecule has 3 heterocycles. The van der Waals surface area contributed by atoms with Crippen LogP contribution >= 0.6 is 0 Å². The van der Waals surface area contributed by atoms with Gasteiger partial charge in [0.05, 0.1) is 31.8 Å². The maximum atomic E-state index is 13.4. The van der Waals surface area contributed by atoms with Crippen molar-refractivity contribution in [3.63, 3.8) is 0 Å². The number of aromatic nitrogens is 3. The fourth-order valence-electron chi connectivity index (χ4n) is 3.92. The molecule has 10 nitrogen and oxygen atoms in total. The first-order valence-electron chi connectivity index (χ1n) is 11.5. The van der Waals surface area contributed by atoms with E-state index in [1.165, 1.54) is 30.8 Å². The molecular weight excluding hydrogens is 464 g/mol. The first-order valence-corrected chi connectivity index (χ1v) is 11.5. The fraction of sp³-hybridized carbons (Fsp3) is 0.269. The molecule has 1 amide bonds. The molecule has 0 fully saturated rings. The van der Waals surface area contributed by atoms with Gasteiger partial charge in [0.1, 0.15) is 28.4 Å². The van der Waals surface area contributed by atoms with Crippen LogP contribution in [-0.4, -0.2) is 46.7 Å². The summed E-state index contributed by atoms with van der Waals surface area (Å²) in [6.07, 6.45) is 2.24. The zero-order valence-corrected chi connectivity index (χ0v) is 20.5. The largest absolute Gasteiger partial charge is 0.497 e. The van der Waals surface area contributed by atoms with Crippen molar-refractivity contribution in [3.05, 3.63) is 75.6 Å². The number of ether oxygens (including phenoxy) is 3. The number of rotatable bonds is 7. The lowest BCUT2D eigenvalue weighted by atomic mass is 10.1. The Morgan fingerprint density at radius 2 is 1.83 bits per heavy atom. The second kappa shape index (κ2) is 10.4. The standard InChI is InChI=1S/C26H26N4O6/c1-5-12-30-22-18(25(32)29-13-8-7-9-21(29)27-22)15-19(26(33)36-6-2)23(30)28-24(31)17-11-10-16(34-3)14-20(17)35-4/h7-11,13-15H,5-6,12H2,1-4H3. The van der Waals surface area contributed by atoms with Gasteiger partial charge < -0.3 is 18.8 Å². The molecule has 0 atom stereocenters. The number of hydrogen-bond acceptors (Lipinski definition) is 7. The smallest absolute Gasteiger partial charge is 0.341 e. The van der Waals surface area contributed by atoms with Crippen LogP contribution in [0.2, 0.25) is 0 Å². The molecule has 0 N–H and O–H groups in total. The van der Waals surface area contributed by atoms with Crippen LogP contribution in [0.1, 0.15) is 41.0 Å². The summed E-state index contributed by atoms with van der Waals surface area (Å²) >= 11 is 0. The molecule has 0 saturated heterocycles. The average molecular weight is 491 g/mol. The molecule has 0 unspecified atom stereocenters. The number of hydrogen-bond donors (Lipinski definition) is 0. The van der Waals surface area contributed by atoms with Gasteiger partial charge in [-0.05, 0) is 43.7 Å². The lowest BCUT2D eigenvalue weighted by molar-refractivity contribution is 0.0523. The molecule has 186 valence electrons. The van der Waals surface area contributed by atoms with E-state index >= 15 is 0 Å². The van der Waals surface area contributed by atoms with Gasteiger partial charge >= 0.3 is 5.97 Å². The van der Waals surface area contributed by atoms with E-state index in [0.717, 1.165) is 0 Å². The predicted octanol–water partition coefficient (Wildman–Crippen LogP) is 2.99. The third kappa shape index (κ3) is 4.45. The highest BCUT2D eigenvalue weighted by Gasteiger charge is 2.21. The van der Waals surface area contributed by atoms with Crippen molar-refractivity contribution in [2.24, 2.45) is 4.99 Å². The van der Waals surface area contributed by atoms with Gasteiger partial charge in [-0.15, -0.1) is 0 Å². The Bertz CT molecular complexity index is 1600. The van der Waals surface area contributed by atoms with Crippen LogP contribution in [0.15, 0.2) is 58.4 Å². The second-order valence-corrected chi connectivity index (χ2v) is 7.82. The van der Waals surface area contributed by atoms with E-state index in [4.69, 9.17) is 14.2 Å². The van der Waals surface area contributed by atoms with Gasteiger partial charge in [-0.25, -0.2) is 9.78 Å². The summed E-state index contributed by atoms with van der Waals surface area (Å²) in [6.45, 7) is 4.07. The molecule has 10 heteroatoms. The van der Waals surface area contributed by atoms with E-state index in [1.54, 1.807) is 48.0 Å². The predicted molar refractivity (Wildman–Crippen MR) is 133 cm³/mol. The Kier molecular flexibility index (Phi) is 7.14.